The lowest BCUT2D eigenvalue weighted by molar-refractivity contribution is 0.112. The van der Waals surface area contributed by atoms with Gasteiger partial charge in [0.15, 0.2) is 0 Å². The van der Waals surface area contributed by atoms with Crippen LogP contribution in [0.15, 0.2) is 53.4 Å². The molecule has 102 valence electrons. The number of aldehydes is 1. The third kappa shape index (κ3) is 2.80. The van der Waals surface area contributed by atoms with Gasteiger partial charge in [0.05, 0.1) is 18.1 Å². The monoisotopic (exact) mass is 285 g/mol. The zero-order chi connectivity index (χ0) is 13.8. The second-order valence-corrected chi connectivity index (χ2v) is 5.53. The third-order valence-corrected chi connectivity index (χ3v) is 4.30. The molecule has 1 heterocycles. The maximum absolute atomic E-state index is 10.7. The van der Waals surface area contributed by atoms with Crippen molar-refractivity contribution in [2.75, 3.05) is 23.9 Å². The van der Waals surface area contributed by atoms with Crippen LogP contribution in [0.4, 0.5) is 5.69 Å². The fourth-order valence-electron chi connectivity index (χ4n) is 2.19. The van der Waals surface area contributed by atoms with Crippen molar-refractivity contribution < 1.29 is 9.53 Å². The number of ether oxygens (including phenoxy) is 1. The molecule has 20 heavy (non-hydrogen) atoms. The van der Waals surface area contributed by atoms with Gasteiger partial charge >= 0.3 is 0 Å². The molecule has 0 aliphatic carbocycles. The average Bonchev–Trinajstić information content (AvgIpc) is 2.91. The SMILES string of the molecule is O=Cc1cccc(OCCN2CSc3ccccc32)c1. The van der Waals surface area contributed by atoms with E-state index in [0.717, 1.165) is 24.5 Å². The van der Waals surface area contributed by atoms with Crippen LogP contribution in [0.1, 0.15) is 10.4 Å². The number of fused-ring (bicyclic) bond motifs is 1. The minimum Gasteiger partial charge on any atom is -0.492 e. The summed E-state index contributed by atoms with van der Waals surface area (Å²) in [5, 5.41) is 0. The van der Waals surface area contributed by atoms with Gasteiger partial charge in [0.1, 0.15) is 18.6 Å². The number of anilines is 1. The fourth-order valence-corrected chi connectivity index (χ4v) is 3.28. The van der Waals surface area contributed by atoms with E-state index in [1.807, 2.05) is 23.9 Å². The standard InChI is InChI=1S/C16H15NO2S/c18-11-13-4-3-5-14(10-13)19-9-8-17-12-20-16-7-2-1-6-15(16)17/h1-7,10-11H,8-9,12H2. The highest BCUT2D eigenvalue weighted by Gasteiger charge is 2.18. The molecule has 1 aliphatic rings. The van der Waals surface area contributed by atoms with E-state index in [2.05, 4.69) is 29.2 Å². The predicted molar refractivity (Wildman–Crippen MR) is 81.8 cm³/mol. The number of rotatable bonds is 5. The van der Waals surface area contributed by atoms with E-state index in [9.17, 15) is 4.79 Å². The first-order valence-corrected chi connectivity index (χ1v) is 7.50. The Labute approximate surface area is 122 Å². The average molecular weight is 285 g/mol. The molecule has 0 atom stereocenters. The highest BCUT2D eigenvalue weighted by Crippen LogP contribution is 2.37. The van der Waals surface area contributed by atoms with Crippen molar-refractivity contribution in [3.63, 3.8) is 0 Å². The largest absolute Gasteiger partial charge is 0.492 e. The van der Waals surface area contributed by atoms with Crippen molar-refractivity contribution in [2.45, 2.75) is 4.90 Å². The number of hydrogen-bond donors (Lipinski definition) is 0. The summed E-state index contributed by atoms with van der Waals surface area (Å²) < 4.78 is 5.72. The number of thioether (sulfide) groups is 1. The zero-order valence-corrected chi connectivity index (χ0v) is 11.8. The normalized spacial score (nSPS) is 13.1. The fraction of sp³-hybridized carbons (Fsp3) is 0.188. The first-order chi connectivity index (χ1) is 9.86. The second kappa shape index (κ2) is 6.01. The van der Waals surface area contributed by atoms with E-state index in [4.69, 9.17) is 4.74 Å². The first-order valence-electron chi connectivity index (χ1n) is 6.51. The van der Waals surface area contributed by atoms with E-state index in [1.54, 1.807) is 12.1 Å². The lowest BCUT2D eigenvalue weighted by Gasteiger charge is -2.18. The Hall–Kier alpha value is -1.94. The van der Waals surface area contributed by atoms with Crippen molar-refractivity contribution >= 4 is 23.7 Å². The molecule has 4 heteroatoms. The molecule has 2 aromatic rings. The van der Waals surface area contributed by atoms with E-state index >= 15 is 0 Å². The molecule has 0 saturated heterocycles. The van der Waals surface area contributed by atoms with Gasteiger partial charge < -0.3 is 9.64 Å². The predicted octanol–water partition coefficient (Wildman–Crippen LogP) is 3.45. The third-order valence-electron chi connectivity index (χ3n) is 3.21. The Morgan fingerprint density at radius 1 is 1.20 bits per heavy atom. The van der Waals surface area contributed by atoms with Gasteiger partial charge in [0.25, 0.3) is 0 Å². The van der Waals surface area contributed by atoms with E-state index in [1.165, 1.54) is 10.6 Å². The van der Waals surface area contributed by atoms with Crippen LogP contribution in [-0.4, -0.2) is 25.3 Å². The molecular formula is C16H15NO2S. The maximum atomic E-state index is 10.7. The van der Waals surface area contributed by atoms with Gasteiger partial charge in [0, 0.05) is 10.5 Å². The lowest BCUT2D eigenvalue weighted by Crippen LogP contribution is -2.25. The number of benzene rings is 2. The van der Waals surface area contributed by atoms with Crippen LogP contribution in [-0.2, 0) is 0 Å². The number of carbonyl (C=O) groups is 1. The smallest absolute Gasteiger partial charge is 0.150 e. The zero-order valence-electron chi connectivity index (χ0n) is 11.0. The van der Waals surface area contributed by atoms with Crippen LogP contribution in [0.2, 0.25) is 0 Å². The van der Waals surface area contributed by atoms with Gasteiger partial charge in [-0.2, -0.15) is 0 Å². The van der Waals surface area contributed by atoms with Crippen LogP contribution >= 0.6 is 11.8 Å². The van der Waals surface area contributed by atoms with Gasteiger partial charge in [0.2, 0.25) is 0 Å². The van der Waals surface area contributed by atoms with E-state index in [0.29, 0.717) is 12.2 Å². The molecule has 3 rings (SSSR count). The summed E-state index contributed by atoms with van der Waals surface area (Å²) >= 11 is 1.85. The second-order valence-electron chi connectivity index (χ2n) is 4.54. The van der Waals surface area contributed by atoms with Crippen LogP contribution in [0.3, 0.4) is 0 Å². The molecular weight excluding hydrogens is 270 g/mol. The molecule has 0 radical (unpaired) electrons. The minimum absolute atomic E-state index is 0.608. The molecule has 0 N–H and O–H groups in total. The molecule has 0 amide bonds. The van der Waals surface area contributed by atoms with Gasteiger partial charge in [-0.05, 0) is 24.3 Å². The summed E-state index contributed by atoms with van der Waals surface area (Å²) in [4.78, 5) is 14.4. The molecule has 0 spiro atoms. The van der Waals surface area contributed by atoms with Crippen molar-refractivity contribution in [3.8, 4) is 5.75 Å². The molecule has 0 aromatic heterocycles. The quantitative estimate of drug-likeness (QED) is 0.787. The van der Waals surface area contributed by atoms with Crippen LogP contribution < -0.4 is 9.64 Å². The number of nitrogens with zero attached hydrogens (tertiary/aromatic N) is 1. The summed E-state index contributed by atoms with van der Waals surface area (Å²) in [6, 6.07) is 15.7. The highest BCUT2D eigenvalue weighted by atomic mass is 32.2. The van der Waals surface area contributed by atoms with Gasteiger partial charge in [-0.25, -0.2) is 0 Å². The molecule has 2 aromatic carbocycles. The molecule has 3 nitrogen and oxygen atoms in total. The van der Waals surface area contributed by atoms with Crippen molar-refractivity contribution in [3.05, 3.63) is 54.1 Å². The molecule has 1 aliphatic heterocycles. The molecule has 0 saturated carbocycles. The number of para-hydroxylation sites is 1. The van der Waals surface area contributed by atoms with Crippen LogP contribution in [0.5, 0.6) is 5.75 Å². The highest BCUT2D eigenvalue weighted by molar-refractivity contribution is 7.99. The Bertz CT molecular complexity index is 615. The van der Waals surface area contributed by atoms with Gasteiger partial charge in [-0.1, -0.05) is 24.3 Å². The number of hydrogen-bond acceptors (Lipinski definition) is 4. The van der Waals surface area contributed by atoms with Gasteiger partial charge in [-0.3, -0.25) is 4.79 Å². The Kier molecular flexibility index (Phi) is 3.92. The number of carbonyl (C=O) groups excluding carboxylic acids is 1. The summed E-state index contributed by atoms with van der Waals surface area (Å²) in [6.07, 6.45) is 0.834. The summed E-state index contributed by atoms with van der Waals surface area (Å²) in [5.74, 6) is 1.71. The lowest BCUT2D eigenvalue weighted by atomic mass is 10.2. The first kappa shape index (κ1) is 13.1. The van der Waals surface area contributed by atoms with E-state index < -0.39 is 0 Å². The van der Waals surface area contributed by atoms with Crippen LogP contribution in [0, 0.1) is 0 Å². The summed E-state index contributed by atoms with van der Waals surface area (Å²) in [6.45, 7) is 1.45. The molecule has 0 unspecified atom stereocenters. The summed E-state index contributed by atoms with van der Waals surface area (Å²) in [5.41, 5.74) is 1.92. The Morgan fingerprint density at radius 2 is 2.10 bits per heavy atom. The minimum atomic E-state index is 0.608. The Morgan fingerprint density at radius 3 is 3.00 bits per heavy atom. The van der Waals surface area contributed by atoms with Gasteiger partial charge in [-0.15, -0.1) is 11.8 Å². The molecule has 0 bridgehead atoms. The topological polar surface area (TPSA) is 29.5 Å². The maximum Gasteiger partial charge on any atom is 0.150 e. The van der Waals surface area contributed by atoms with E-state index in [-0.39, 0.29) is 0 Å². The van der Waals surface area contributed by atoms with Crippen molar-refractivity contribution in [1.82, 2.24) is 0 Å². The van der Waals surface area contributed by atoms with Crippen molar-refractivity contribution in [2.24, 2.45) is 0 Å². The summed E-state index contributed by atoms with van der Waals surface area (Å²) in [7, 11) is 0. The van der Waals surface area contributed by atoms with Crippen molar-refractivity contribution in [1.29, 1.82) is 0 Å². The Balaban J connectivity index is 1.57. The van der Waals surface area contributed by atoms with Crippen LogP contribution in [0.25, 0.3) is 0 Å². The molecule has 0 fully saturated rings.